The molecular weight excluding hydrogens is 458 g/mol. The van der Waals surface area contributed by atoms with Crippen molar-refractivity contribution in [1.82, 2.24) is 4.98 Å². The molecule has 0 bridgehead atoms. The Kier molecular flexibility index (Phi) is 5.09. The maximum atomic E-state index is 4.62. The molecule has 0 N–H and O–H groups in total. The molecule has 7 aromatic rings. The summed E-state index contributed by atoms with van der Waals surface area (Å²) in [7, 11) is 0. The number of benzene rings is 6. The summed E-state index contributed by atoms with van der Waals surface area (Å²) in [5.74, 6) is 0. The molecule has 7 rings (SSSR count). The third-order valence-corrected chi connectivity index (χ3v) is 7.88. The van der Waals surface area contributed by atoms with E-state index >= 15 is 0 Å². The minimum atomic E-state index is 0.0422. The van der Waals surface area contributed by atoms with Crippen molar-refractivity contribution in [3.63, 3.8) is 0 Å². The molecule has 6 aromatic carbocycles. The monoisotopic (exact) mass is 487 g/mol. The Bertz CT molecular complexity index is 2000. The second-order valence-corrected chi connectivity index (χ2v) is 11.3. The highest BCUT2D eigenvalue weighted by molar-refractivity contribution is 6.23. The summed E-state index contributed by atoms with van der Waals surface area (Å²) in [6, 6.07) is 40.0. The highest BCUT2D eigenvalue weighted by Gasteiger charge is 2.21. The smallest absolute Gasteiger partial charge is 0.0353 e. The first kappa shape index (κ1) is 22.7. The SMILES string of the molecule is CC(C)(C)c1ccc2c(-c3ccc4ccccc4c3)c3cnccc3c(-c3cccc4ccccc34)c2c1. The molecule has 0 atom stereocenters. The highest BCUT2D eigenvalue weighted by Crippen LogP contribution is 2.46. The van der Waals surface area contributed by atoms with E-state index in [0.717, 1.165) is 0 Å². The van der Waals surface area contributed by atoms with E-state index in [9.17, 15) is 0 Å². The minimum Gasteiger partial charge on any atom is -0.264 e. The fourth-order valence-corrected chi connectivity index (χ4v) is 5.93. The number of aromatic nitrogens is 1. The summed E-state index contributed by atoms with van der Waals surface area (Å²) in [6.07, 6.45) is 3.98. The van der Waals surface area contributed by atoms with Gasteiger partial charge in [0.05, 0.1) is 0 Å². The van der Waals surface area contributed by atoms with Crippen molar-refractivity contribution >= 4 is 43.1 Å². The van der Waals surface area contributed by atoms with Crippen LogP contribution in [0.25, 0.3) is 65.3 Å². The molecule has 38 heavy (non-hydrogen) atoms. The van der Waals surface area contributed by atoms with Crippen LogP contribution in [0.15, 0.2) is 122 Å². The van der Waals surface area contributed by atoms with E-state index in [4.69, 9.17) is 0 Å². The Morgan fingerprint density at radius 2 is 1.24 bits per heavy atom. The van der Waals surface area contributed by atoms with Crippen LogP contribution in [0.4, 0.5) is 0 Å². The third kappa shape index (κ3) is 3.58. The molecule has 0 radical (unpaired) electrons. The van der Waals surface area contributed by atoms with Crippen molar-refractivity contribution in [1.29, 1.82) is 0 Å². The number of pyridine rings is 1. The summed E-state index contributed by atoms with van der Waals surface area (Å²) < 4.78 is 0. The molecule has 1 heterocycles. The van der Waals surface area contributed by atoms with Crippen LogP contribution in [0.2, 0.25) is 0 Å². The predicted octanol–water partition coefficient (Wildman–Crippen LogP) is 10.3. The Labute approximate surface area is 223 Å². The summed E-state index contributed by atoms with van der Waals surface area (Å²) in [5.41, 5.74) is 6.40. The van der Waals surface area contributed by atoms with Gasteiger partial charge in [0.15, 0.2) is 0 Å². The van der Waals surface area contributed by atoms with Crippen LogP contribution in [-0.2, 0) is 5.41 Å². The molecule has 1 aromatic heterocycles. The van der Waals surface area contributed by atoms with Gasteiger partial charge in [-0.2, -0.15) is 0 Å². The minimum absolute atomic E-state index is 0.0422. The van der Waals surface area contributed by atoms with Crippen LogP contribution in [0.1, 0.15) is 26.3 Å². The fraction of sp³-hybridized carbons (Fsp3) is 0.108. The van der Waals surface area contributed by atoms with Gasteiger partial charge >= 0.3 is 0 Å². The zero-order chi connectivity index (χ0) is 25.9. The molecule has 1 nitrogen and oxygen atoms in total. The number of nitrogens with zero attached hydrogens (tertiary/aromatic N) is 1. The van der Waals surface area contributed by atoms with Crippen LogP contribution < -0.4 is 0 Å². The zero-order valence-corrected chi connectivity index (χ0v) is 22.0. The number of rotatable bonds is 2. The zero-order valence-electron chi connectivity index (χ0n) is 22.0. The Morgan fingerprint density at radius 3 is 2.08 bits per heavy atom. The quantitative estimate of drug-likeness (QED) is 0.221. The molecule has 0 aliphatic carbocycles. The number of fused-ring (bicyclic) bond motifs is 4. The van der Waals surface area contributed by atoms with Crippen molar-refractivity contribution in [3.05, 3.63) is 127 Å². The van der Waals surface area contributed by atoms with Gasteiger partial charge in [-0.05, 0) is 89.1 Å². The molecule has 0 aliphatic heterocycles. The van der Waals surface area contributed by atoms with Gasteiger partial charge in [0.1, 0.15) is 0 Å². The number of hydrogen-bond donors (Lipinski definition) is 0. The van der Waals surface area contributed by atoms with Crippen molar-refractivity contribution in [3.8, 4) is 22.3 Å². The lowest BCUT2D eigenvalue weighted by Gasteiger charge is -2.23. The second-order valence-electron chi connectivity index (χ2n) is 11.3. The Balaban J connectivity index is 1.68. The van der Waals surface area contributed by atoms with E-state index < -0.39 is 0 Å². The van der Waals surface area contributed by atoms with Crippen molar-refractivity contribution < 1.29 is 0 Å². The van der Waals surface area contributed by atoms with E-state index in [1.807, 2.05) is 12.4 Å². The lowest BCUT2D eigenvalue weighted by molar-refractivity contribution is 0.591. The van der Waals surface area contributed by atoms with Crippen LogP contribution in [0.5, 0.6) is 0 Å². The van der Waals surface area contributed by atoms with Crippen LogP contribution in [0.3, 0.4) is 0 Å². The summed E-state index contributed by atoms with van der Waals surface area (Å²) in [5, 5.41) is 10.00. The average Bonchev–Trinajstić information content (AvgIpc) is 2.94. The van der Waals surface area contributed by atoms with Crippen molar-refractivity contribution in [2.24, 2.45) is 0 Å². The molecule has 0 saturated carbocycles. The maximum Gasteiger partial charge on any atom is 0.0353 e. The van der Waals surface area contributed by atoms with Gasteiger partial charge in [-0.15, -0.1) is 0 Å². The molecule has 0 unspecified atom stereocenters. The van der Waals surface area contributed by atoms with E-state index in [1.165, 1.54) is 70.9 Å². The molecular formula is C37H29N. The lowest BCUT2D eigenvalue weighted by Crippen LogP contribution is -2.10. The molecule has 0 aliphatic rings. The first-order valence-corrected chi connectivity index (χ1v) is 13.3. The molecule has 1 heteroatoms. The lowest BCUT2D eigenvalue weighted by atomic mass is 9.81. The van der Waals surface area contributed by atoms with Crippen LogP contribution >= 0.6 is 0 Å². The van der Waals surface area contributed by atoms with Gasteiger partial charge in [0.2, 0.25) is 0 Å². The van der Waals surface area contributed by atoms with Gasteiger partial charge in [-0.3, -0.25) is 4.98 Å². The summed E-state index contributed by atoms with van der Waals surface area (Å²) in [6.45, 7) is 6.88. The van der Waals surface area contributed by atoms with Crippen LogP contribution in [-0.4, -0.2) is 4.98 Å². The van der Waals surface area contributed by atoms with Crippen molar-refractivity contribution in [2.45, 2.75) is 26.2 Å². The normalized spacial score (nSPS) is 12.1. The van der Waals surface area contributed by atoms with E-state index in [0.29, 0.717) is 0 Å². The van der Waals surface area contributed by atoms with Gasteiger partial charge in [0.25, 0.3) is 0 Å². The predicted molar refractivity (Wildman–Crippen MR) is 164 cm³/mol. The Hall–Kier alpha value is -4.49. The van der Waals surface area contributed by atoms with Gasteiger partial charge in [0, 0.05) is 17.8 Å². The van der Waals surface area contributed by atoms with Crippen LogP contribution in [0, 0.1) is 0 Å². The molecule has 0 fully saturated rings. The van der Waals surface area contributed by atoms with E-state index in [-0.39, 0.29) is 5.41 Å². The van der Waals surface area contributed by atoms with Crippen molar-refractivity contribution in [2.75, 3.05) is 0 Å². The number of hydrogen-bond acceptors (Lipinski definition) is 1. The summed E-state index contributed by atoms with van der Waals surface area (Å²) >= 11 is 0. The largest absolute Gasteiger partial charge is 0.264 e. The molecule has 182 valence electrons. The average molecular weight is 488 g/mol. The van der Waals surface area contributed by atoms with Gasteiger partial charge < -0.3 is 0 Å². The van der Waals surface area contributed by atoms with Gasteiger partial charge in [-0.1, -0.05) is 112 Å². The van der Waals surface area contributed by atoms with E-state index in [1.54, 1.807) is 0 Å². The van der Waals surface area contributed by atoms with E-state index in [2.05, 4.69) is 135 Å². The highest BCUT2D eigenvalue weighted by atomic mass is 14.6. The molecule has 0 spiro atoms. The standard InChI is InChI=1S/C37H29N/c1-37(2,3)28-17-18-31-33(22-28)36(30-14-8-12-25-10-6-7-13-29(25)30)32-19-20-38-23-34(32)35(31)27-16-15-24-9-4-5-11-26(24)21-27/h4-23H,1-3H3. The maximum absolute atomic E-state index is 4.62. The Morgan fingerprint density at radius 1 is 0.500 bits per heavy atom. The molecule has 0 amide bonds. The topological polar surface area (TPSA) is 12.9 Å². The second kappa shape index (κ2) is 8.53. The van der Waals surface area contributed by atoms with Gasteiger partial charge in [-0.25, -0.2) is 0 Å². The first-order chi connectivity index (χ1) is 18.5. The first-order valence-electron chi connectivity index (χ1n) is 13.3. The third-order valence-electron chi connectivity index (χ3n) is 7.88. The molecule has 0 saturated heterocycles. The summed E-state index contributed by atoms with van der Waals surface area (Å²) in [4.78, 5) is 4.62. The fourth-order valence-electron chi connectivity index (χ4n) is 5.93.